The summed E-state index contributed by atoms with van der Waals surface area (Å²) >= 11 is 1.95. The number of halogens is 1. The molecule has 2 amide bonds. The maximum Gasteiger partial charge on any atom is 0.240 e. The molecule has 0 heterocycles. The molecule has 0 bridgehead atoms. The molecular formula is C9H13IN2O2. The Labute approximate surface area is 96.6 Å². The lowest BCUT2D eigenvalue weighted by molar-refractivity contribution is -0.125. The van der Waals surface area contributed by atoms with E-state index >= 15 is 0 Å². The van der Waals surface area contributed by atoms with Gasteiger partial charge in [-0.25, -0.2) is 0 Å². The molecule has 0 atom stereocenters. The summed E-state index contributed by atoms with van der Waals surface area (Å²) in [4.78, 5) is 22.2. The average molecular weight is 308 g/mol. The SMILES string of the molecule is C=CC1(NC(=O)CNC(=O)CI)CC1. The molecule has 1 rings (SSSR count). The molecule has 78 valence electrons. The molecule has 0 aromatic rings. The molecule has 1 aliphatic carbocycles. The molecule has 5 heteroatoms. The van der Waals surface area contributed by atoms with Crippen LogP contribution in [0.5, 0.6) is 0 Å². The third-order valence-corrected chi connectivity index (χ3v) is 2.83. The summed E-state index contributed by atoms with van der Waals surface area (Å²) < 4.78 is 0.373. The van der Waals surface area contributed by atoms with Crippen molar-refractivity contribution >= 4 is 34.4 Å². The molecule has 0 aromatic heterocycles. The molecule has 0 aromatic carbocycles. The van der Waals surface area contributed by atoms with Crippen LogP contribution < -0.4 is 10.6 Å². The first kappa shape index (κ1) is 11.5. The van der Waals surface area contributed by atoms with Crippen LogP contribution in [0.3, 0.4) is 0 Å². The molecule has 1 fully saturated rings. The minimum Gasteiger partial charge on any atom is -0.346 e. The molecule has 1 aliphatic rings. The van der Waals surface area contributed by atoms with Crippen LogP contribution in [0, 0.1) is 0 Å². The van der Waals surface area contributed by atoms with E-state index in [4.69, 9.17) is 0 Å². The van der Waals surface area contributed by atoms with Crippen molar-refractivity contribution in [3.05, 3.63) is 12.7 Å². The molecule has 1 saturated carbocycles. The number of nitrogens with one attached hydrogen (secondary N) is 2. The Hall–Kier alpha value is -0.590. The fourth-order valence-corrected chi connectivity index (χ4v) is 1.33. The van der Waals surface area contributed by atoms with Gasteiger partial charge < -0.3 is 10.6 Å². The first-order valence-electron chi connectivity index (χ1n) is 4.39. The van der Waals surface area contributed by atoms with Crippen LogP contribution in [-0.4, -0.2) is 28.3 Å². The fraction of sp³-hybridized carbons (Fsp3) is 0.556. The van der Waals surface area contributed by atoms with Gasteiger partial charge in [-0.3, -0.25) is 9.59 Å². The number of hydrogen-bond acceptors (Lipinski definition) is 2. The second-order valence-corrected chi connectivity index (χ2v) is 4.08. The lowest BCUT2D eigenvalue weighted by Gasteiger charge is -2.12. The highest BCUT2D eigenvalue weighted by molar-refractivity contribution is 14.1. The quantitative estimate of drug-likeness (QED) is 0.438. The molecule has 0 aliphatic heterocycles. The molecule has 0 saturated heterocycles. The van der Waals surface area contributed by atoms with Crippen molar-refractivity contribution in [1.29, 1.82) is 0 Å². The number of carbonyl (C=O) groups excluding carboxylic acids is 2. The zero-order chi connectivity index (χ0) is 10.6. The van der Waals surface area contributed by atoms with Gasteiger partial charge in [0.2, 0.25) is 11.8 Å². The summed E-state index contributed by atoms with van der Waals surface area (Å²) in [5.41, 5.74) is -0.188. The van der Waals surface area contributed by atoms with E-state index in [-0.39, 0.29) is 23.9 Å². The molecule has 4 nitrogen and oxygen atoms in total. The van der Waals surface area contributed by atoms with Crippen LogP contribution in [0.2, 0.25) is 0 Å². The van der Waals surface area contributed by atoms with E-state index in [0.717, 1.165) is 12.8 Å². The average Bonchev–Trinajstić information content (AvgIpc) is 2.95. The van der Waals surface area contributed by atoms with Gasteiger partial charge in [-0.05, 0) is 12.8 Å². The number of alkyl halides is 1. The van der Waals surface area contributed by atoms with Crippen LogP contribution in [0.1, 0.15) is 12.8 Å². The summed E-state index contributed by atoms with van der Waals surface area (Å²) in [5.74, 6) is -0.273. The van der Waals surface area contributed by atoms with Crippen LogP contribution in [-0.2, 0) is 9.59 Å². The Morgan fingerprint density at radius 1 is 1.43 bits per heavy atom. The van der Waals surface area contributed by atoms with E-state index in [9.17, 15) is 9.59 Å². The van der Waals surface area contributed by atoms with Crippen LogP contribution in [0.15, 0.2) is 12.7 Å². The molecule has 14 heavy (non-hydrogen) atoms. The number of amides is 2. The van der Waals surface area contributed by atoms with Crippen molar-refractivity contribution in [2.75, 3.05) is 11.0 Å². The van der Waals surface area contributed by atoms with E-state index in [0.29, 0.717) is 4.43 Å². The highest BCUT2D eigenvalue weighted by Gasteiger charge is 2.40. The van der Waals surface area contributed by atoms with Gasteiger partial charge in [-0.2, -0.15) is 0 Å². The predicted molar refractivity (Wildman–Crippen MR) is 62.2 cm³/mol. The Morgan fingerprint density at radius 2 is 2.07 bits per heavy atom. The van der Waals surface area contributed by atoms with Crippen LogP contribution >= 0.6 is 22.6 Å². The summed E-state index contributed by atoms with van der Waals surface area (Å²) in [7, 11) is 0. The molecule has 0 radical (unpaired) electrons. The zero-order valence-electron chi connectivity index (χ0n) is 7.81. The third-order valence-electron chi connectivity index (χ3n) is 2.14. The van der Waals surface area contributed by atoms with Gasteiger partial charge in [0, 0.05) is 0 Å². The largest absolute Gasteiger partial charge is 0.346 e. The van der Waals surface area contributed by atoms with E-state index < -0.39 is 0 Å². The molecule has 0 unspecified atom stereocenters. The Balaban J connectivity index is 2.23. The van der Waals surface area contributed by atoms with Crippen LogP contribution in [0.25, 0.3) is 0 Å². The van der Waals surface area contributed by atoms with Gasteiger partial charge in [0.15, 0.2) is 0 Å². The Bertz CT molecular complexity index is 262. The minimum atomic E-state index is -0.188. The maximum atomic E-state index is 11.3. The number of hydrogen-bond donors (Lipinski definition) is 2. The van der Waals surface area contributed by atoms with Crippen molar-refractivity contribution in [3.63, 3.8) is 0 Å². The topological polar surface area (TPSA) is 58.2 Å². The Morgan fingerprint density at radius 3 is 2.50 bits per heavy atom. The second-order valence-electron chi connectivity index (χ2n) is 3.32. The van der Waals surface area contributed by atoms with Gasteiger partial charge in [0.1, 0.15) is 0 Å². The smallest absolute Gasteiger partial charge is 0.240 e. The summed E-state index contributed by atoms with van der Waals surface area (Å²) in [6.45, 7) is 3.71. The summed E-state index contributed by atoms with van der Waals surface area (Å²) in [6.07, 6.45) is 3.65. The number of carbonyl (C=O) groups is 2. The van der Waals surface area contributed by atoms with Gasteiger partial charge in [-0.15, -0.1) is 6.58 Å². The lowest BCUT2D eigenvalue weighted by atomic mass is 10.2. The highest BCUT2D eigenvalue weighted by atomic mass is 127. The zero-order valence-corrected chi connectivity index (χ0v) is 9.96. The van der Waals surface area contributed by atoms with E-state index in [2.05, 4.69) is 17.2 Å². The summed E-state index contributed by atoms with van der Waals surface area (Å²) in [6, 6.07) is 0. The molecule has 0 spiro atoms. The normalized spacial score (nSPS) is 16.9. The van der Waals surface area contributed by atoms with Crippen molar-refractivity contribution in [2.45, 2.75) is 18.4 Å². The van der Waals surface area contributed by atoms with E-state index in [1.807, 2.05) is 22.6 Å². The molecular weight excluding hydrogens is 295 g/mol. The van der Waals surface area contributed by atoms with Gasteiger partial charge in [0.05, 0.1) is 16.5 Å². The third kappa shape index (κ3) is 3.28. The van der Waals surface area contributed by atoms with Gasteiger partial charge in [-0.1, -0.05) is 28.7 Å². The summed E-state index contributed by atoms with van der Waals surface area (Å²) in [5, 5.41) is 5.34. The van der Waals surface area contributed by atoms with Crippen molar-refractivity contribution in [3.8, 4) is 0 Å². The monoisotopic (exact) mass is 308 g/mol. The van der Waals surface area contributed by atoms with Crippen molar-refractivity contribution in [1.82, 2.24) is 10.6 Å². The molecule has 2 N–H and O–H groups in total. The number of rotatable bonds is 5. The first-order chi connectivity index (χ1) is 6.62. The first-order valence-corrected chi connectivity index (χ1v) is 5.92. The van der Waals surface area contributed by atoms with Gasteiger partial charge in [0.25, 0.3) is 0 Å². The minimum absolute atomic E-state index is 0.0530. The fourth-order valence-electron chi connectivity index (χ4n) is 1.06. The standard InChI is InChI=1S/C9H13IN2O2/c1-2-9(3-4-9)12-8(14)6-11-7(13)5-10/h2H,1,3-6H2,(H,11,13)(H,12,14). The van der Waals surface area contributed by atoms with Gasteiger partial charge >= 0.3 is 0 Å². The van der Waals surface area contributed by atoms with Crippen molar-refractivity contribution in [2.24, 2.45) is 0 Å². The van der Waals surface area contributed by atoms with E-state index in [1.165, 1.54) is 0 Å². The lowest BCUT2D eigenvalue weighted by Crippen LogP contribution is -2.42. The second kappa shape index (κ2) is 4.77. The van der Waals surface area contributed by atoms with Crippen LogP contribution in [0.4, 0.5) is 0 Å². The maximum absolute atomic E-state index is 11.3. The Kier molecular flexibility index (Phi) is 3.91. The van der Waals surface area contributed by atoms with Crippen molar-refractivity contribution < 1.29 is 9.59 Å². The highest BCUT2D eigenvalue weighted by Crippen LogP contribution is 2.35. The van der Waals surface area contributed by atoms with E-state index in [1.54, 1.807) is 6.08 Å². The predicted octanol–water partition coefficient (Wildman–Crippen LogP) is 0.372.